The van der Waals surface area contributed by atoms with Crippen LogP contribution in [0.4, 0.5) is 5.69 Å². The molecule has 0 saturated heterocycles. The summed E-state index contributed by atoms with van der Waals surface area (Å²) in [5, 5.41) is 10.1. The first-order valence-corrected chi connectivity index (χ1v) is 7.16. The summed E-state index contributed by atoms with van der Waals surface area (Å²) in [6.45, 7) is 11.2. The fourth-order valence-corrected chi connectivity index (χ4v) is 2.96. The first-order valence-electron chi connectivity index (χ1n) is 6.78. The van der Waals surface area contributed by atoms with Gasteiger partial charge in [0.2, 0.25) is 5.69 Å². The van der Waals surface area contributed by atoms with Crippen LogP contribution in [-0.4, -0.2) is 12.1 Å². The molecule has 3 rings (SSSR count). The Morgan fingerprint density at radius 3 is 2.59 bits per heavy atom. The SMILES string of the molecule is [C-]#[N+]c1c(C)cc(Oc2cc(C)c3c(c2)COB3O)cc1Cl. The van der Waals surface area contributed by atoms with E-state index in [0.29, 0.717) is 28.8 Å². The molecule has 0 fully saturated rings. The van der Waals surface area contributed by atoms with Gasteiger partial charge < -0.3 is 14.4 Å². The molecule has 0 atom stereocenters. The van der Waals surface area contributed by atoms with Gasteiger partial charge in [0, 0.05) is 0 Å². The average molecular weight is 314 g/mol. The molecule has 0 amide bonds. The van der Waals surface area contributed by atoms with Crippen LogP contribution in [-0.2, 0) is 11.3 Å². The third-order valence-electron chi connectivity index (χ3n) is 3.66. The van der Waals surface area contributed by atoms with Gasteiger partial charge in [-0.15, -0.1) is 0 Å². The van der Waals surface area contributed by atoms with Gasteiger partial charge in [-0.2, -0.15) is 0 Å². The number of ether oxygens (including phenoxy) is 1. The van der Waals surface area contributed by atoms with Gasteiger partial charge in [-0.3, -0.25) is 0 Å². The summed E-state index contributed by atoms with van der Waals surface area (Å²) in [4.78, 5) is 3.41. The van der Waals surface area contributed by atoms with Crippen molar-refractivity contribution in [2.24, 2.45) is 0 Å². The molecule has 2 aromatic rings. The molecule has 0 spiro atoms. The summed E-state index contributed by atoms with van der Waals surface area (Å²) in [5.41, 5.74) is 3.86. The van der Waals surface area contributed by atoms with E-state index in [-0.39, 0.29) is 0 Å². The zero-order valence-electron chi connectivity index (χ0n) is 12.2. The fourth-order valence-electron chi connectivity index (χ4n) is 2.66. The maximum Gasteiger partial charge on any atom is 0.492 e. The number of fused-ring (bicyclic) bond motifs is 1. The van der Waals surface area contributed by atoms with E-state index in [9.17, 15) is 5.02 Å². The van der Waals surface area contributed by atoms with Gasteiger partial charge in [-0.05, 0) is 60.3 Å². The summed E-state index contributed by atoms with van der Waals surface area (Å²) in [5.74, 6) is 1.23. The summed E-state index contributed by atoms with van der Waals surface area (Å²) in [6, 6.07) is 7.12. The highest BCUT2D eigenvalue weighted by Gasteiger charge is 2.29. The van der Waals surface area contributed by atoms with E-state index in [1.807, 2.05) is 26.0 Å². The predicted octanol–water partition coefficient (Wildman–Crippen LogP) is 3.52. The molecular formula is C16H13BClNO3. The third-order valence-corrected chi connectivity index (χ3v) is 3.95. The second kappa shape index (κ2) is 5.66. The minimum absolute atomic E-state index is 0.366. The number of nitrogens with zero attached hydrogens (tertiary/aromatic N) is 1. The van der Waals surface area contributed by atoms with Gasteiger partial charge in [0.15, 0.2) is 0 Å². The van der Waals surface area contributed by atoms with Crippen LogP contribution in [0, 0.1) is 20.4 Å². The molecule has 0 radical (unpaired) electrons. The van der Waals surface area contributed by atoms with Crippen LogP contribution in [0.25, 0.3) is 4.85 Å². The van der Waals surface area contributed by atoms with Crippen LogP contribution in [0.5, 0.6) is 11.5 Å². The van der Waals surface area contributed by atoms with Crippen LogP contribution in [0.2, 0.25) is 5.02 Å². The van der Waals surface area contributed by atoms with Crippen molar-refractivity contribution >= 4 is 29.9 Å². The predicted molar refractivity (Wildman–Crippen MR) is 86.1 cm³/mol. The van der Waals surface area contributed by atoms with Crippen molar-refractivity contribution in [3.8, 4) is 11.5 Å². The smallest absolute Gasteiger partial charge is 0.457 e. The second-order valence-electron chi connectivity index (χ2n) is 5.26. The standard InChI is InChI=1S/C16H13BClNO3/c1-9-4-12(6-11-8-21-17(20)15(9)11)22-13-5-10(2)16(19-3)14(18)7-13/h4-7,20H,8H2,1-2H3. The molecule has 0 aliphatic carbocycles. The fraction of sp³-hybridized carbons (Fsp3) is 0.188. The maximum atomic E-state index is 9.76. The van der Waals surface area contributed by atoms with E-state index in [4.69, 9.17) is 27.6 Å². The number of rotatable bonds is 2. The number of benzene rings is 2. The Labute approximate surface area is 134 Å². The molecule has 1 heterocycles. The summed E-state index contributed by atoms with van der Waals surface area (Å²) in [7, 11) is -0.862. The molecule has 1 aliphatic heterocycles. The van der Waals surface area contributed by atoms with Crippen LogP contribution in [0.3, 0.4) is 0 Å². The van der Waals surface area contributed by atoms with Crippen molar-refractivity contribution in [1.29, 1.82) is 0 Å². The van der Waals surface area contributed by atoms with Crippen molar-refractivity contribution in [2.45, 2.75) is 20.5 Å². The van der Waals surface area contributed by atoms with Crippen molar-refractivity contribution < 1.29 is 14.4 Å². The molecular weight excluding hydrogens is 300 g/mol. The van der Waals surface area contributed by atoms with Gasteiger partial charge in [0.25, 0.3) is 0 Å². The van der Waals surface area contributed by atoms with E-state index in [1.165, 1.54) is 0 Å². The first-order chi connectivity index (χ1) is 10.5. The van der Waals surface area contributed by atoms with Crippen LogP contribution in [0.15, 0.2) is 24.3 Å². The van der Waals surface area contributed by atoms with E-state index < -0.39 is 7.12 Å². The van der Waals surface area contributed by atoms with Crippen molar-refractivity contribution in [3.05, 3.63) is 57.4 Å². The van der Waals surface area contributed by atoms with Crippen LogP contribution < -0.4 is 10.2 Å². The zero-order valence-corrected chi connectivity index (χ0v) is 12.9. The Hall–Kier alpha value is -2.00. The molecule has 6 heteroatoms. The quantitative estimate of drug-likeness (QED) is 0.681. The number of halogens is 1. The Kier molecular flexibility index (Phi) is 3.84. The lowest BCUT2D eigenvalue weighted by atomic mass is 9.76. The van der Waals surface area contributed by atoms with Crippen LogP contribution >= 0.6 is 11.6 Å². The minimum Gasteiger partial charge on any atom is -0.457 e. The van der Waals surface area contributed by atoms with E-state index in [0.717, 1.165) is 22.2 Å². The molecule has 0 unspecified atom stereocenters. The summed E-state index contributed by atoms with van der Waals surface area (Å²) < 4.78 is 11.1. The highest BCUT2D eigenvalue weighted by atomic mass is 35.5. The molecule has 1 aliphatic rings. The molecule has 1 N–H and O–H groups in total. The first kappa shape index (κ1) is 14.9. The second-order valence-corrected chi connectivity index (χ2v) is 5.67. The monoisotopic (exact) mass is 313 g/mol. The summed E-state index contributed by atoms with van der Waals surface area (Å²) in [6.07, 6.45) is 0. The Balaban J connectivity index is 1.95. The highest BCUT2D eigenvalue weighted by Crippen LogP contribution is 2.35. The largest absolute Gasteiger partial charge is 0.492 e. The molecule has 110 valence electrons. The normalized spacial score (nSPS) is 13.0. The van der Waals surface area contributed by atoms with Crippen molar-refractivity contribution in [3.63, 3.8) is 0 Å². The summed E-state index contributed by atoms with van der Waals surface area (Å²) >= 11 is 6.10. The molecule has 0 aromatic heterocycles. The molecule has 22 heavy (non-hydrogen) atoms. The Morgan fingerprint density at radius 1 is 1.23 bits per heavy atom. The molecule has 4 nitrogen and oxygen atoms in total. The van der Waals surface area contributed by atoms with Crippen molar-refractivity contribution in [2.75, 3.05) is 0 Å². The molecule has 2 aromatic carbocycles. The lowest BCUT2D eigenvalue weighted by Gasteiger charge is -2.11. The van der Waals surface area contributed by atoms with Gasteiger partial charge in [0.05, 0.1) is 18.2 Å². The topological polar surface area (TPSA) is 43.0 Å². The van der Waals surface area contributed by atoms with Gasteiger partial charge in [-0.25, -0.2) is 4.85 Å². The van der Waals surface area contributed by atoms with Gasteiger partial charge in [-0.1, -0.05) is 11.6 Å². The molecule has 0 saturated carbocycles. The van der Waals surface area contributed by atoms with Crippen molar-refractivity contribution in [1.82, 2.24) is 0 Å². The number of hydrogen-bond donors (Lipinski definition) is 1. The highest BCUT2D eigenvalue weighted by molar-refractivity contribution is 6.62. The minimum atomic E-state index is -0.862. The Bertz CT molecular complexity index is 778. The van der Waals surface area contributed by atoms with Crippen LogP contribution in [0.1, 0.15) is 16.7 Å². The maximum absolute atomic E-state index is 9.76. The van der Waals surface area contributed by atoms with E-state index >= 15 is 0 Å². The Morgan fingerprint density at radius 2 is 1.91 bits per heavy atom. The van der Waals surface area contributed by atoms with E-state index in [2.05, 4.69) is 4.85 Å². The number of hydrogen-bond acceptors (Lipinski definition) is 3. The third kappa shape index (κ3) is 2.57. The van der Waals surface area contributed by atoms with Gasteiger partial charge >= 0.3 is 7.12 Å². The van der Waals surface area contributed by atoms with E-state index in [1.54, 1.807) is 12.1 Å². The number of aryl methyl sites for hydroxylation is 2. The average Bonchev–Trinajstić information content (AvgIpc) is 2.80. The van der Waals surface area contributed by atoms with Gasteiger partial charge in [0.1, 0.15) is 11.5 Å². The lowest BCUT2D eigenvalue weighted by molar-refractivity contribution is 0.275. The zero-order chi connectivity index (χ0) is 15.9. The molecule has 0 bridgehead atoms. The lowest BCUT2D eigenvalue weighted by Crippen LogP contribution is -2.30.